The van der Waals surface area contributed by atoms with Crippen molar-refractivity contribution in [3.8, 4) is 0 Å². The van der Waals surface area contributed by atoms with Gasteiger partial charge in [-0.05, 0) is 49.1 Å². The van der Waals surface area contributed by atoms with E-state index >= 15 is 0 Å². The van der Waals surface area contributed by atoms with Crippen molar-refractivity contribution in [1.29, 1.82) is 0 Å². The number of ether oxygens (including phenoxy) is 1. The number of esters is 1. The molecule has 27 heavy (non-hydrogen) atoms. The molecule has 2 fully saturated rings. The van der Waals surface area contributed by atoms with Crippen LogP contribution in [0.25, 0.3) is 0 Å². The van der Waals surface area contributed by atoms with E-state index in [9.17, 15) is 4.79 Å². The minimum absolute atomic E-state index is 0.0299. The van der Waals surface area contributed by atoms with Crippen LogP contribution in [0.4, 0.5) is 0 Å². The molecule has 0 radical (unpaired) electrons. The molecule has 158 valence electrons. The molecule has 1 aliphatic heterocycles. The third-order valence-corrected chi connectivity index (χ3v) is 17.3. The maximum Gasteiger partial charge on any atom is 0.334 e. The first-order valence-corrected chi connectivity index (χ1v) is 16.9. The van der Waals surface area contributed by atoms with E-state index < -0.39 is 22.7 Å². The lowest BCUT2D eigenvalue weighted by atomic mass is 9.83. The molecular weight excluding hydrogens is 440 g/mol. The number of alkyl halides is 1. The fourth-order valence-corrected chi connectivity index (χ4v) is 6.99. The molecule has 1 saturated carbocycles. The third kappa shape index (κ3) is 4.73. The van der Waals surface area contributed by atoms with E-state index in [1.165, 1.54) is 0 Å². The fourth-order valence-electron chi connectivity index (χ4n) is 3.29. The summed E-state index contributed by atoms with van der Waals surface area (Å²) in [6.45, 7) is 22.3. The van der Waals surface area contributed by atoms with E-state index in [0.717, 1.165) is 12.8 Å². The normalized spacial score (nSPS) is 33.0. The van der Waals surface area contributed by atoms with Crippen LogP contribution in [0.3, 0.4) is 0 Å². The van der Waals surface area contributed by atoms with Crippen molar-refractivity contribution in [2.45, 2.75) is 114 Å². The Balaban J connectivity index is 2.13. The van der Waals surface area contributed by atoms with Gasteiger partial charge >= 0.3 is 5.97 Å². The monoisotopic (exact) mass is 478 g/mol. The Bertz CT molecular complexity index is 565. The third-order valence-electron chi connectivity index (χ3n) is 7.23. The lowest BCUT2D eigenvalue weighted by Crippen LogP contribution is -2.53. The van der Waals surface area contributed by atoms with Crippen LogP contribution in [0, 0.1) is 5.92 Å². The standard InChI is InChI=1S/C20H39BrO4Si2/c1-19(2,3)26(7,8)24-14-12-11-13-16(15(14)21)23-18(22)17(13)25-27(9,10)20(4,5)6/h13-17H,11-12H2,1-10H3/t13-,14+,15-,16-,17-/m1/s1. The quantitative estimate of drug-likeness (QED) is 0.288. The maximum atomic E-state index is 12.7. The van der Waals surface area contributed by atoms with Crippen LogP contribution in [0.15, 0.2) is 0 Å². The Kier molecular flexibility index (Phi) is 6.57. The summed E-state index contributed by atoms with van der Waals surface area (Å²) in [4.78, 5) is 12.7. The summed E-state index contributed by atoms with van der Waals surface area (Å²) in [7, 11) is -3.90. The first kappa shape index (κ1) is 23.6. The van der Waals surface area contributed by atoms with Gasteiger partial charge in [0.2, 0.25) is 0 Å². The zero-order valence-corrected chi connectivity index (χ0v) is 22.4. The highest BCUT2D eigenvalue weighted by molar-refractivity contribution is 9.09. The number of hydrogen-bond acceptors (Lipinski definition) is 4. The van der Waals surface area contributed by atoms with Gasteiger partial charge in [-0.3, -0.25) is 0 Å². The van der Waals surface area contributed by atoms with Crippen LogP contribution in [0.1, 0.15) is 54.4 Å². The highest BCUT2D eigenvalue weighted by Crippen LogP contribution is 2.47. The Morgan fingerprint density at radius 2 is 1.41 bits per heavy atom. The summed E-state index contributed by atoms with van der Waals surface area (Å²) >= 11 is 3.83. The number of halogens is 1. The van der Waals surface area contributed by atoms with Crippen LogP contribution in [0.5, 0.6) is 0 Å². The molecule has 0 unspecified atom stereocenters. The molecule has 0 aromatic rings. The molecule has 0 N–H and O–H groups in total. The van der Waals surface area contributed by atoms with Gasteiger partial charge in [0.15, 0.2) is 16.6 Å². The van der Waals surface area contributed by atoms with Crippen molar-refractivity contribution in [2.75, 3.05) is 0 Å². The van der Waals surface area contributed by atoms with E-state index in [1.54, 1.807) is 0 Å². The summed E-state index contributed by atoms with van der Waals surface area (Å²) in [5.41, 5.74) is 0. The van der Waals surface area contributed by atoms with Gasteiger partial charge in [0.25, 0.3) is 0 Å². The van der Waals surface area contributed by atoms with Crippen molar-refractivity contribution >= 4 is 38.5 Å². The summed E-state index contributed by atoms with van der Waals surface area (Å²) in [6, 6.07) is 0. The van der Waals surface area contributed by atoms with E-state index in [0.29, 0.717) is 0 Å². The largest absolute Gasteiger partial charge is 0.459 e. The van der Waals surface area contributed by atoms with Gasteiger partial charge in [-0.2, -0.15) is 0 Å². The minimum atomic E-state index is -2.03. The van der Waals surface area contributed by atoms with Gasteiger partial charge in [-0.25, -0.2) is 4.79 Å². The smallest absolute Gasteiger partial charge is 0.334 e. The summed E-state index contributed by atoms with van der Waals surface area (Å²) in [6.07, 6.45) is 1.36. The summed E-state index contributed by atoms with van der Waals surface area (Å²) < 4.78 is 19.0. The molecular formula is C20H39BrO4Si2. The molecule has 2 rings (SSSR count). The zero-order chi connectivity index (χ0) is 21.0. The highest BCUT2D eigenvalue weighted by atomic mass is 79.9. The Labute approximate surface area is 176 Å². The van der Waals surface area contributed by atoms with E-state index in [2.05, 4.69) is 83.7 Å². The second kappa shape index (κ2) is 7.53. The second-order valence-corrected chi connectivity index (χ2v) is 21.9. The fraction of sp³-hybridized carbons (Fsp3) is 0.950. The van der Waals surface area contributed by atoms with Gasteiger partial charge in [-0.15, -0.1) is 0 Å². The van der Waals surface area contributed by atoms with Gasteiger partial charge < -0.3 is 13.6 Å². The summed E-state index contributed by atoms with van der Waals surface area (Å²) in [5.74, 6) is -0.0671. The SMILES string of the molecule is CC(C)(C)[Si](C)(C)O[C@H]1CC[C@@H]2[C@@H](OC(=O)[C@@H]2O[Si](C)(C)C(C)(C)C)[C@@H]1Br. The molecule has 4 nitrogen and oxygen atoms in total. The van der Waals surface area contributed by atoms with Crippen LogP contribution < -0.4 is 0 Å². The Morgan fingerprint density at radius 3 is 1.89 bits per heavy atom. The first-order valence-electron chi connectivity index (χ1n) is 10.2. The maximum absolute atomic E-state index is 12.7. The second-order valence-electron chi connectivity index (χ2n) is 11.3. The van der Waals surface area contributed by atoms with Gasteiger partial charge in [-0.1, -0.05) is 57.5 Å². The molecule has 7 heteroatoms. The van der Waals surface area contributed by atoms with Crippen molar-refractivity contribution in [2.24, 2.45) is 5.92 Å². The van der Waals surface area contributed by atoms with Crippen LogP contribution in [-0.2, 0) is 18.4 Å². The lowest BCUT2D eigenvalue weighted by Gasteiger charge is -2.44. The average Bonchev–Trinajstić information content (AvgIpc) is 2.76. The number of carbonyl (C=O) groups is 1. The minimum Gasteiger partial charge on any atom is -0.459 e. The predicted molar refractivity (Wildman–Crippen MR) is 119 cm³/mol. The Morgan fingerprint density at radius 1 is 0.926 bits per heavy atom. The number of rotatable bonds is 4. The van der Waals surface area contributed by atoms with E-state index in [1.807, 2.05) is 0 Å². The molecule has 0 aromatic heterocycles. The predicted octanol–water partition coefficient (Wildman–Crippen LogP) is 5.87. The van der Waals surface area contributed by atoms with Crippen LogP contribution in [-0.4, -0.2) is 45.7 Å². The van der Waals surface area contributed by atoms with Crippen molar-refractivity contribution in [1.82, 2.24) is 0 Å². The van der Waals surface area contributed by atoms with E-state index in [-0.39, 0.29) is 39.0 Å². The van der Waals surface area contributed by atoms with Gasteiger partial charge in [0.05, 0.1) is 10.9 Å². The topological polar surface area (TPSA) is 44.8 Å². The number of carbonyl (C=O) groups excluding carboxylic acids is 1. The highest BCUT2D eigenvalue weighted by Gasteiger charge is 2.56. The Hall–Kier alpha value is 0.304. The molecule has 2 aliphatic rings. The molecule has 0 amide bonds. The number of fused-ring (bicyclic) bond motifs is 1. The zero-order valence-electron chi connectivity index (χ0n) is 18.8. The van der Waals surface area contributed by atoms with Crippen molar-refractivity contribution in [3.63, 3.8) is 0 Å². The van der Waals surface area contributed by atoms with Crippen LogP contribution in [0.2, 0.25) is 36.3 Å². The molecule has 1 heterocycles. The molecule has 0 spiro atoms. The molecule has 0 bridgehead atoms. The van der Waals surface area contributed by atoms with Gasteiger partial charge in [0, 0.05) is 5.92 Å². The van der Waals surface area contributed by atoms with Crippen molar-refractivity contribution < 1.29 is 18.4 Å². The average molecular weight is 480 g/mol. The molecule has 5 atom stereocenters. The van der Waals surface area contributed by atoms with Gasteiger partial charge in [0.1, 0.15) is 12.2 Å². The lowest BCUT2D eigenvalue weighted by molar-refractivity contribution is -0.147. The van der Waals surface area contributed by atoms with Crippen LogP contribution >= 0.6 is 15.9 Å². The molecule has 1 aliphatic carbocycles. The van der Waals surface area contributed by atoms with Crippen molar-refractivity contribution in [3.05, 3.63) is 0 Å². The first-order chi connectivity index (χ1) is 12.0. The van der Waals surface area contributed by atoms with E-state index in [4.69, 9.17) is 13.6 Å². The number of hydrogen-bond donors (Lipinski definition) is 0. The molecule has 1 saturated heterocycles. The summed E-state index contributed by atoms with van der Waals surface area (Å²) in [5, 5.41) is 0.235. The molecule has 0 aromatic carbocycles.